The van der Waals surface area contributed by atoms with Gasteiger partial charge in [-0.3, -0.25) is 9.59 Å². The standard InChI is InChI=1S/C16H25N3O2/c1-4-6-13(17)10-15(20)19-14-8-5-7-12(9-14)16(21)18-11(2)3/h5,7-9,11,13H,4,6,10,17H2,1-3H3,(H,18,21)(H,19,20). The number of benzene rings is 1. The lowest BCUT2D eigenvalue weighted by atomic mass is 10.1. The minimum Gasteiger partial charge on any atom is -0.350 e. The predicted octanol–water partition coefficient (Wildman–Crippen LogP) is 2.28. The van der Waals surface area contributed by atoms with E-state index in [-0.39, 0.29) is 30.3 Å². The van der Waals surface area contributed by atoms with Crippen molar-refractivity contribution in [1.29, 1.82) is 0 Å². The van der Waals surface area contributed by atoms with Gasteiger partial charge < -0.3 is 16.4 Å². The number of rotatable bonds is 7. The first-order chi connectivity index (χ1) is 9.92. The fraction of sp³-hybridized carbons (Fsp3) is 0.500. The molecule has 116 valence electrons. The molecule has 1 rings (SSSR count). The predicted molar refractivity (Wildman–Crippen MR) is 85.2 cm³/mol. The maximum atomic E-state index is 11.9. The van der Waals surface area contributed by atoms with Gasteiger partial charge in [0.15, 0.2) is 0 Å². The van der Waals surface area contributed by atoms with Crippen LogP contribution in [-0.2, 0) is 4.79 Å². The Bertz CT molecular complexity index is 486. The Morgan fingerprint density at radius 2 is 2.00 bits per heavy atom. The molecule has 0 aromatic heterocycles. The average Bonchev–Trinajstić information content (AvgIpc) is 2.38. The van der Waals surface area contributed by atoms with E-state index in [0.29, 0.717) is 11.3 Å². The van der Waals surface area contributed by atoms with E-state index >= 15 is 0 Å². The van der Waals surface area contributed by atoms with E-state index in [1.807, 2.05) is 20.8 Å². The summed E-state index contributed by atoms with van der Waals surface area (Å²) < 4.78 is 0. The van der Waals surface area contributed by atoms with Gasteiger partial charge in [-0.1, -0.05) is 19.4 Å². The fourth-order valence-corrected chi connectivity index (χ4v) is 2.01. The second-order valence-corrected chi connectivity index (χ2v) is 5.51. The molecule has 21 heavy (non-hydrogen) atoms. The van der Waals surface area contributed by atoms with Crippen molar-refractivity contribution in [3.63, 3.8) is 0 Å². The molecule has 0 bridgehead atoms. The summed E-state index contributed by atoms with van der Waals surface area (Å²) >= 11 is 0. The molecule has 0 fully saturated rings. The third-order valence-corrected chi connectivity index (χ3v) is 2.94. The van der Waals surface area contributed by atoms with Gasteiger partial charge in [0.25, 0.3) is 5.91 Å². The Hall–Kier alpha value is -1.88. The molecular weight excluding hydrogens is 266 g/mol. The van der Waals surface area contributed by atoms with E-state index in [1.165, 1.54) is 0 Å². The van der Waals surface area contributed by atoms with Crippen molar-refractivity contribution >= 4 is 17.5 Å². The molecule has 4 N–H and O–H groups in total. The topological polar surface area (TPSA) is 84.2 Å². The van der Waals surface area contributed by atoms with Crippen molar-refractivity contribution in [2.24, 2.45) is 5.73 Å². The van der Waals surface area contributed by atoms with Crippen molar-refractivity contribution in [3.05, 3.63) is 29.8 Å². The third-order valence-electron chi connectivity index (χ3n) is 2.94. The van der Waals surface area contributed by atoms with E-state index in [9.17, 15) is 9.59 Å². The minimum atomic E-state index is -0.149. The Morgan fingerprint density at radius 3 is 2.62 bits per heavy atom. The molecule has 5 heteroatoms. The van der Waals surface area contributed by atoms with Gasteiger partial charge in [-0.15, -0.1) is 0 Å². The highest BCUT2D eigenvalue weighted by atomic mass is 16.2. The molecule has 0 heterocycles. The monoisotopic (exact) mass is 291 g/mol. The number of carbonyl (C=O) groups is 2. The number of carbonyl (C=O) groups excluding carboxylic acids is 2. The van der Waals surface area contributed by atoms with Gasteiger partial charge in [0.05, 0.1) is 0 Å². The van der Waals surface area contributed by atoms with Gasteiger partial charge in [-0.2, -0.15) is 0 Å². The molecule has 1 aromatic carbocycles. The summed E-state index contributed by atoms with van der Waals surface area (Å²) in [7, 11) is 0. The Morgan fingerprint density at radius 1 is 1.29 bits per heavy atom. The van der Waals surface area contributed by atoms with Gasteiger partial charge in [0.1, 0.15) is 0 Å². The average molecular weight is 291 g/mol. The smallest absolute Gasteiger partial charge is 0.251 e. The summed E-state index contributed by atoms with van der Waals surface area (Å²) in [5.74, 6) is -0.277. The lowest BCUT2D eigenvalue weighted by Gasteiger charge is -2.12. The summed E-state index contributed by atoms with van der Waals surface area (Å²) in [5, 5.41) is 5.60. The van der Waals surface area contributed by atoms with Crippen molar-refractivity contribution in [3.8, 4) is 0 Å². The number of nitrogens with two attached hydrogens (primary N) is 1. The molecule has 0 radical (unpaired) electrons. The van der Waals surface area contributed by atoms with E-state index in [1.54, 1.807) is 24.3 Å². The van der Waals surface area contributed by atoms with E-state index in [2.05, 4.69) is 10.6 Å². The molecule has 2 amide bonds. The van der Waals surface area contributed by atoms with Crippen LogP contribution in [0.25, 0.3) is 0 Å². The molecular formula is C16H25N3O2. The van der Waals surface area contributed by atoms with E-state index in [4.69, 9.17) is 5.73 Å². The summed E-state index contributed by atoms with van der Waals surface area (Å²) in [4.78, 5) is 23.8. The van der Waals surface area contributed by atoms with Crippen molar-refractivity contribution in [2.45, 2.75) is 52.1 Å². The van der Waals surface area contributed by atoms with E-state index < -0.39 is 0 Å². The van der Waals surface area contributed by atoms with Gasteiger partial charge in [-0.05, 0) is 38.5 Å². The Labute approximate surface area is 126 Å². The highest BCUT2D eigenvalue weighted by Gasteiger charge is 2.11. The number of nitrogens with one attached hydrogen (secondary N) is 2. The van der Waals surface area contributed by atoms with Crippen LogP contribution in [0.2, 0.25) is 0 Å². The summed E-state index contributed by atoms with van der Waals surface area (Å²) in [5.41, 5.74) is 6.99. The highest BCUT2D eigenvalue weighted by molar-refractivity contribution is 5.97. The number of amides is 2. The van der Waals surface area contributed by atoms with Crippen LogP contribution in [0.4, 0.5) is 5.69 Å². The normalized spacial score (nSPS) is 12.0. The number of hydrogen-bond acceptors (Lipinski definition) is 3. The van der Waals surface area contributed by atoms with Crippen LogP contribution in [0, 0.1) is 0 Å². The first-order valence-electron chi connectivity index (χ1n) is 7.38. The molecule has 0 spiro atoms. The Balaban J connectivity index is 2.64. The molecule has 0 aliphatic heterocycles. The van der Waals surface area contributed by atoms with Crippen LogP contribution < -0.4 is 16.4 Å². The number of hydrogen-bond donors (Lipinski definition) is 3. The fourth-order valence-electron chi connectivity index (χ4n) is 2.01. The van der Waals surface area contributed by atoms with Crippen LogP contribution in [0.15, 0.2) is 24.3 Å². The zero-order chi connectivity index (χ0) is 15.8. The molecule has 5 nitrogen and oxygen atoms in total. The summed E-state index contributed by atoms with van der Waals surface area (Å²) in [6, 6.07) is 6.84. The lowest BCUT2D eigenvalue weighted by molar-refractivity contribution is -0.116. The lowest BCUT2D eigenvalue weighted by Crippen LogP contribution is -2.30. The first kappa shape index (κ1) is 17.2. The van der Waals surface area contributed by atoms with Crippen LogP contribution in [-0.4, -0.2) is 23.9 Å². The molecule has 1 aromatic rings. The zero-order valence-electron chi connectivity index (χ0n) is 13.0. The maximum absolute atomic E-state index is 11.9. The quantitative estimate of drug-likeness (QED) is 0.720. The molecule has 0 saturated carbocycles. The zero-order valence-corrected chi connectivity index (χ0v) is 13.0. The molecule has 0 saturated heterocycles. The van der Waals surface area contributed by atoms with Gasteiger partial charge in [-0.25, -0.2) is 0 Å². The van der Waals surface area contributed by atoms with E-state index in [0.717, 1.165) is 12.8 Å². The second kappa shape index (κ2) is 8.42. The van der Waals surface area contributed by atoms with Crippen molar-refractivity contribution in [1.82, 2.24) is 5.32 Å². The van der Waals surface area contributed by atoms with Gasteiger partial charge in [0.2, 0.25) is 5.91 Å². The highest BCUT2D eigenvalue weighted by Crippen LogP contribution is 2.12. The summed E-state index contributed by atoms with van der Waals surface area (Å²) in [6.45, 7) is 5.84. The van der Waals surface area contributed by atoms with Crippen molar-refractivity contribution in [2.75, 3.05) is 5.32 Å². The molecule has 0 aliphatic carbocycles. The Kier molecular flexibility index (Phi) is 6.88. The van der Waals surface area contributed by atoms with Crippen molar-refractivity contribution < 1.29 is 9.59 Å². The largest absolute Gasteiger partial charge is 0.350 e. The maximum Gasteiger partial charge on any atom is 0.251 e. The summed E-state index contributed by atoms with van der Waals surface area (Å²) in [6.07, 6.45) is 2.07. The van der Waals surface area contributed by atoms with Gasteiger partial charge >= 0.3 is 0 Å². The minimum absolute atomic E-state index is 0.0720. The SMILES string of the molecule is CCCC(N)CC(=O)Nc1cccc(C(=O)NC(C)C)c1. The number of anilines is 1. The second-order valence-electron chi connectivity index (χ2n) is 5.51. The first-order valence-corrected chi connectivity index (χ1v) is 7.38. The van der Waals surface area contributed by atoms with Crippen LogP contribution in [0.5, 0.6) is 0 Å². The third kappa shape index (κ3) is 6.40. The molecule has 1 atom stereocenters. The van der Waals surface area contributed by atoms with Crippen LogP contribution in [0.1, 0.15) is 50.4 Å². The molecule has 0 aliphatic rings. The van der Waals surface area contributed by atoms with Gasteiger partial charge in [0, 0.05) is 29.8 Å². The van der Waals surface area contributed by atoms with Crippen LogP contribution >= 0.6 is 0 Å². The van der Waals surface area contributed by atoms with Crippen LogP contribution in [0.3, 0.4) is 0 Å². The molecule has 1 unspecified atom stereocenters.